The zero-order valence-electron chi connectivity index (χ0n) is 20.3. The van der Waals surface area contributed by atoms with E-state index in [0.717, 1.165) is 41.6 Å². The molecule has 0 bridgehead atoms. The highest BCUT2D eigenvalue weighted by molar-refractivity contribution is 6.11. The number of benzene rings is 1. The molecule has 3 N–H and O–H groups in total. The molecule has 1 atom stereocenters. The Bertz CT molecular complexity index is 1530. The Balaban J connectivity index is 1.48. The van der Waals surface area contributed by atoms with Gasteiger partial charge in [-0.05, 0) is 49.9 Å². The van der Waals surface area contributed by atoms with Gasteiger partial charge in [0.15, 0.2) is 5.78 Å². The van der Waals surface area contributed by atoms with Crippen molar-refractivity contribution in [1.29, 1.82) is 0 Å². The lowest BCUT2D eigenvalue weighted by molar-refractivity contribution is 0.0859. The van der Waals surface area contributed by atoms with Gasteiger partial charge in [0.05, 0.1) is 39.9 Å². The Morgan fingerprint density at radius 2 is 1.97 bits per heavy atom. The molecule has 4 heterocycles. The average molecular weight is 468 g/mol. The van der Waals surface area contributed by atoms with Crippen LogP contribution in [0, 0.1) is 17.3 Å². The van der Waals surface area contributed by atoms with E-state index in [1.54, 1.807) is 6.20 Å². The van der Waals surface area contributed by atoms with Crippen LogP contribution in [0.2, 0.25) is 0 Å². The molecule has 178 valence electrons. The van der Waals surface area contributed by atoms with Gasteiger partial charge in [-0.15, -0.1) is 0 Å². The lowest BCUT2D eigenvalue weighted by atomic mass is 9.86. The molecule has 8 nitrogen and oxygen atoms in total. The minimum Gasteiger partial charge on any atom is -0.383 e. The van der Waals surface area contributed by atoms with Gasteiger partial charge in [0.1, 0.15) is 11.5 Å². The number of hydrogen-bond acceptors (Lipinski definition) is 6. The Hall–Kier alpha value is -3.70. The second-order valence-electron chi connectivity index (χ2n) is 10.6. The van der Waals surface area contributed by atoms with Crippen LogP contribution >= 0.6 is 0 Å². The van der Waals surface area contributed by atoms with Crippen molar-refractivity contribution >= 4 is 33.5 Å². The highest BCUT2D eigenvalue weighted by Gasteiger charge is 2.31. The van der Waals surface area contributed by atoms with E-state index < -0.39 is 5.41 Å². The molecule has 1 aliphatic heterocycles. The molecule has 2 aliphatic rings. The van der Waals surface area contributed by atoms with E-state index in [-0.39, 0.29) is 11.8 Å². The number of Topliss-reactive ketones (excluding diaryl/α,β-unsaturated/α-hetero) is 1. The van der Waals surface area contributed by atoms with Gasteiger partial charge in [-0.25, -0.2) is 9.97 Å². The summed E-state index contributed by atoms with van der Waals surface area (Å²) in [6.07, 6.45) is 6.87. The molecule has 4 aromatic rings. The zero-order valence-corrected chi connectivity index (χ0v) is 20.3. The first-order valence-corrected chi connectivity index (χ1v) is 12.2. The van der Waals surface area contributed by atoms with Crippen molar-refractivity contribution < 1.29 is 4.79 Å². The molecule has 0 amide bonds. The fraction of sp³-hybridized carbons (Fsp3) is 0.407. The van der Waals surface area contributed by atoms with Crippen molar-refractivity contribution in [3.8, 4) is 11.8 Å². The molecular formula is C27H29N7O. The highest BCUT2D eigenvalue weighted by Crippen LogP contribution is 2.37. The molecule has 1 saturated heterocycles. The summed E-state index contributed by atoms with van der Waals surface area (Å²) in [7, 11) is 0. The number of fused-ring (bicyclic) bond motifs is 2. The number of nitrogens with two attached hydrogens (primary N) is 1. The summed E-state index contributed by atoms with van der Waals surface area (Å²) < 4.78 is 4.19. The van der Waals surface area contributed by atoms with E-state index in [9.17, 15) is 4.79 Å². The third-order valence-corrected chi connectivity index (χ3v) is 6.90. The van der Waals surface area contributed by atoms with Crippen LogP contribution in [0.15, 0.2) is 30.7 Å². The third-order valence-electron chi connectivity index (χ3n) is 6.90. The molecule has 3 aromatic heterocycles. The van der Waals surface area contributed by atoms with E-state index >= 15 is 0 Å². The number of pyridine rings is 1. The summed E-state index contributed by atoms with van der Waals surface area (Å²) in [6.45, 7) is 7.43. The number of nitrogens with one attached hydrogen (secondary N) is 1. The number of aromatic nitrogens is 5. The second-order valence-corrected chi connectivity index (χ2v) is 10.6. The molecule has 2 fully saturated rings. The van der Waals surface area contributed by atoms with Crippen LogP contribution in [0.3, 0.4) is 0 Å². The summed E-state index contributed by atoms with van der Waals surface area (Å²) in [5.41, 5.74) is 10.6. The molecule has 0 spiro atoms. The fourth-order valence-corrected chi connectivity index (χ4v) is 4.85. The van der Waals surface area contributed by atoms with Gasteiger partial charge >= 0.3 is 0 Å². The molecule has 1 aromatic carbocycles. The molecule has 0 radical (unpaired) electrons. The van der Waals surface area contributed by atoms with Gasteiger partial charge in [0, 0.05) is 29.8 Å². The van der Waals surface area contributed by atoms with Gasteiger partial charge in [0.2, 0.25) is 0 Å². The lowest BCUT2D eigenvalue weighted by Gasteiger charge is -2.19. The number of nitrogens with zero attached hydrogens (tertiary/aromatic N) is 5. The predicted molar refractivity (Wildman–Crippen MR) is 136 cm³/mol. The van der Waals surface area contributed by atoms with Crippen LogP contribution in [0.5, 0.6) is 0 Å². The van der Waals surface area contributed by atoms with Crippen LogP contribution in [-0.4, -0.2) is 43.2 Å². The predicted octanol–water partition coefficient (Wildman–Crippen LogP) is 3.86. The first-order valence-electron chi connectivity index (χ1n) is 12.2. The Kier molecular flexibility index (Phi) is 4.94. The Morgan fingerprint density at radius 1 is 1.14 bits per heavy atom. The number of ketones is 1. The largest absolute Gasteiger partial charge is 0.383 e. The number of nitrogen functional groups attached to an aromatic ring is 1. The molecule has 6 rings (SSSR count). The van der Waals surface area contributed by atoms with Gasteiger partial charge in [-0.2, -0.15) is 5.10 Å². The number of hydrogen-bond donors (Lipinski definition) is 2. The first-order chi connectivity index (χ1) is 16.8. The normalized spacial score (nSPS) is 18.2. The monoisotopic (exact) mass is 467 g/mol. The van der Waals surface area contributed by atoms with E-state index in [2.05, 4.69) is 37.8 Å². The molecular weight excluding hydrogens is 438 g/mol. The van der Waals surface area contributed by atoms with Gasteiger partial charge in [-0.3, -0.25) is 9.48 Å². The number of imidazole rings is 1. The average Bonchev–Trinajstić information content (AvgIpc) is 3.23. The maximum absolute atomic E-state index is 13.3. The van der Waals surface area contributed by atoms with Crippen LogP contribution in [-0.2, 0) is 0 Å². The van der Waals surface area contributed by atoms with E-state index in [4.69, 9.17) is 10.8 Å². The van der Waals surface area contributed by atoms with Crippen LogP contribution in [0.4, 0.5) is 5.82 Å². The smallest absolute Gasteiger partial charge is 0.171 e. The van der Waals surface area contributed by atoms with Gasteiger partial charge in [0.25, 0.3) is 0 Å². The first kappa shape index (κ1) is 21.8. The highest BCUT2D eigenvalue weighted by atomic mass is 16.1. The number of rotatable bonds is 3. The minimum absolute atomic E-state index is 0.0123. The molecule has 1 aliphatic carbocycles. The van der Waals surface area contributed by atoms with Crippen molar-refractivity contribution in [3.63, 3.8) is 0 Å². The van der Waals surface area contributed by atoms with Gasteiger partial charge in [-0.1, -0.05) is 26.7 Å². The SMILES string of the molecule is CC(C)(C)C(=O)c1cnc(N)c2c(C#Cc3ccc4c(c3)ncn4C3CC3)nn(C3CCNC3)c12. The molecule has 35 heavy (non-hydrogen) atoms. The summed E-state index contributed by atoms with van der Waals surface area (Å²) >= 11 is 0. The van der Waals surface area contributed by atoms with Crippen LogP contribution in [0.25, 0.3) is 21.9 Å². The van der Waals surface area contributed by atoms with Crippen molar-refractivity contribution in [2.24, 2.45) is 5.41 Å². The number of carbonyl (C=O) groups excluding carboxylic acids is 1. The second kappa shape index (κ2) is 7.92. The van der Waals surface area contributed by atoms with E-state index in [0.29, 0.717) is 28.5 Å². The van der Waals surface area contributed by atoms with Crippen molar-refractivity contribution in [1.82, 2.24) is 29.6 Å². The van der Waals surface area contributed by atoms with Crippen molar-refractivity contribution in [3.05, 3.63) is 47.5 Å². The van der Waals surface area contributed by atoms with Gasteiger partial charge < -0.3 is 15.6 Å². The molecule has 1 unspecified atom stereocenters. The minimum atomic E-state index is -0.557. The molecule has 1 saturated carbocycles. The zero-order chi connectivity index (χ0) is 24.3. The van der Waals surface area contributed by atoms with Crippen molar-refractivity contribution in [2.45, 2.75) is 52.1 Å². The summed E-state index contributed by atoms with van der Waals surface area (Å²) in [4.78, 5) is 22.3. The third kappa shape index (κ3) is 3.76. The number of anilines is 1. The quantitative estimate of drug-likeness (QED) is 0.350. The van der Waals surface area contributed by atoms with Crippen LogP contribution < -0.4 is 11.1 Å². The fourth-order valence-electron chi connectivity index (χ4n) is 4.85. The summed E-state index contributed by atoms with van der Waals surface area (Å²) in [6, 6.07) is 6.83. The van der Waals surface area contributed by atoms with E-state index in [1.807, 2.05) is 43.9 Å². The Labute approximate surface area is 203 Å². The standard InChI is InChI=1S/C27H29N7O/c1-27(2,3)25(35)19-14-30-26(28)23-20(32-34(24(19)23)18-10-11-29-13-18)8-4-16-5-9-22-21(12-16)31-15-33(22)17-6-7-17/h5,9,12,14-15,17-18,29H,6-7,10-11,13H2,1-3H3,(H2,28,30). The summed E-state index contributed by atoms with van der Waals surface area (Å²) in [5.74, 6) is 6.83. The maximum atomic E-state index is 13.3. The lowest BCUT2D eigenvalue weighted by Crippen LogP contribution is -2.22. The number of carbonyl (C=O) groups is 1. The summed E-state index contributed by atoms with van der Waals surface area (Å²) in [5, 5.41) is 8.92. The topological polar surface area (TPSA) is 104 Å². The van der Waals surface area contributed by atoms with E-state index in [1.165, 1.54) is 12.8 Å². The Morgan fingerprint density at radius 3 is 2.69 bits per heavy atom. The molecule has 8 heteroatoms. The van der Waals surface area contributed by atoms with Crippen molar-refractivity contribution in [2.75, 3.05) is 18.8 Å². The maximum Gasteiger partial charge on any atom is 0.171 e. The van der Waals surface area contributed by atoms with Crippen LogP contribution in [0.1, 0.15) is 73.7 Å².